The molecule has 124 valence electrons. The van der Waals surface area contributed by atoms with Gasteiger partial charge in [0.1, 0.15) is 0 Å². The maximum absolute atomic E-state index is 12.3. The van der Waals surface area contributed by atoms with Crippen molar-refractivity contribution in [3.05, 3.63) is 75.6 Å². The number of ketones is 1. The molecule has 25 heavy (non-hydrogen) atoms. The molecule has 0 spiro atoms. The third kappa shape index (κ3) is 3.07. The van der Waals surface area contributed by atoms with Gasteiger partial charge in [-0.05, 0) is 29.2 Å². The first-order valence-electron chi connectivity index (χ1n) is 7.68. The highest BCUT2D eigenvalue weighted by atomic mass is 32.1. The van der Waals surface area contributed by atoms with E-state index in [4.69, 9.17) is 4.98 Å². The summed E-state index contributed by atoms with van der Waals surface area (Å²) in [7, 11) is 0. The number of imidazole rings is 1. The van der Waals surface area contributed by atoms with Crippen LogP contribution in [-0.2, 0) is 6.61 Å². The van der Waals surface area contributed by atoms with Crippen LogP contribution in [-0.4, -0.2) is 20.3 Å². The van der Waals surface area contributed by atoms with Gasteiger partial charge in [-0.25, -0.2) is 4.98 Å². The fraction of sp³-hybridized carbons (Fsp3) is 0.0526. The first-order chi connectivity index (χ1) is 12.3. The zero-order valence-corrected chi connectivity index (χ0v) is 14.8. The second kappa shape index (κ2) is 6.76. The minimum absolute atomic E-state index is 0.0123. The number of carbonyl (C=O) groups excluding carboxylic acids is 1. The number of fused-ring (bicyclic) bond motifs is 1. The normalized spacial score (nSPS) is 11.6. The highest BCUT2D eigenvalue weighted by molar-refractivity contribution is 7.15. The minimum Gasteiger partial charge on any atom is -0.392 e. The van der Waals surface area contributed by atoms with E-state index in [0.717, 1.165) is 32.4 Å². The minimum atomic E-state index is -0.0123. The van der Waals surface area contributed by atoms with Gasteiger partial charge < -0.3 is 5.11 Å². The number of benzene rings is 1. The van der Waals surface area contributed by atoms with Crippen LogP contribution in [0, 0.1) is 0 Å². The summed E-state index contributed by atoms with van der Waals surface area (Å²) in [4.78, 5) is 18.6. The van der Waals surface area contributed by atoms with Crippen molar-refractivity contribution in [3.63, 3.8) is 0 Å². The number of hydrogen-bond acceptors (Lipinski definition) is 5. The Bertz CT molecular complexity index is 1040. The highest BCUT2D eigenvalue weighted by Crippen LogP contribution is 2.28. The van der Waals surface area contributed by atoms with E-state index in [0.29, 0.717) is 0 Å². The lowest BCUT2D eigenvalue weighted by molar-refractivity contribution is 0.105. The van der Waals surface area contributed by atoms with Gasteiger partial charge in [0.05, 0.1) is 22.9 Å². The molecule has 0 atom stereocenters. The van der Waals surface area contributed by atoms with Crippen LogP contribution in [0.15, 0.2) is 59.4 Å². The first kappa shape index (κ1) is 16.0. The molecule has 4 rings (SSSR count). The molecule has 0 radical (unpaired) electrons. The van der Waals surface area contributed by atoms with E-state index in [1.54, 1.807) is 17.4 Å². The van der Waals surface area contributed by atoms with Crippen molar-refractivity contribution >= 4 is 39.5 Å². The summed E-state index contributed by atoms with van der Waals surface area (Å²) in [6.07, 6.45) is 5.37. The molecule has 0 aliphatic carbocycles. The molecule has 1 aromatic carbocycles. The third-order valence-electron chi connectivity index (χ3n) is 3.87. The van der Waals surface area contributed by atoms with Crippen LogP contribution >= 0.6 is 22.7 Å². The lowest BCUT2D eigenvalue weighted by Gasteiger charge is -2.02. The predicted octanol–water partition coefficient (Wildman–Crippen LogP) is 4.51. The molecule has 1 N–H and O–H groups in total. The van der Waals surface area contributed by atoms with E-state index in [2.05, 4.69) is 0 Å². The van der Waals surface area contributed by atoms with Crippen LogP contribution in [0.25, 0.3) is 22.3 Å². The Labute approximate surface area is 152 Å². The van der Waals surface area contributed by atoms with Crippen LogP contribution in [0.4, 0.5) is 0 Å². The van der Waals surface area contributed by atoms with Crippen molar-refractivity contribution in [1.82, 2.24) is 9.38 Å². The van der Waals surface area contributed by atoms with Gasteiger partial charge in [0, 0.05) is 17.1 Å². The summed E-state index contributed by atoms with van der Waals surface area (Å²) < 4.78 is 1.98. The molecule has 0 fully saturated rings. The number of nitrogens with zero attached hydrogens (tertiary/aromatic N) is 2. The maximum Gasteiger partial charge on any atom is 0.195 e. The molecule has 0 bridgehead atoms. The molecule has 4 nitrogen and oxygen atoms in total. The Balaban J connectivity index is 1.76. The zero-order valence-electron chi connectivity index (χ0n) is 13.1. The van der Waals surface area contributed by atoms with Crippen molar-refractivity contribution in [2.24, 2.45) is 0 Å². The van der Waals surface area contributed by atoms with Crippen molar-refractivity contribution in [1.29, 1.82) is 0 Å². The van der Waals surface area contributed by atoms with E-state index < -0.39 is 0 Å². The second-order valence-corrected chi connectivity index (χ2v) is 7.25. The molecule has 0 aliphatic rings. The Morgan fingerprint density at radius 2 is 2.00 bits per heavy atom. The van der Waals surface area contributed by atoms with Crippen molar-refractivity contribution in [3.8, 4) is 11.3 Å². The average molecular weight is 366 g/mol. The zero-order chi connectivity index (χ0) is 17.2. The first-order valence-corrected chi connectivity index (χ1v) is 9.44. The fourth-order valence-corrected chi connectivity index (χ4v) is 3.96. The topological polar surface area (TPSA) is 54.6 Å². The number of aliphatic hydroxyl groups is 1. The summed E-state index contributed by atoms with van der Waals surface area (Å²) >= 11 is 2.99. The molecule has 0 saturated heterocycles. The summed E-state index contributed by atoms with van der Waals surface area (Å²) in [5, 5.41) is 13.1. The van der Waals surface area contributed by atoms with E-state index in [-0.39, 0.29) is 12.4 Å². The quantitative estimate of drug-likeness (QED) is 0.417. The van der Waals surface area contributed by atoms with Crippen molar-refractivity contribution in [2.45, 2.75) is 6.61 Å². The van der Waals surface area contributed by atoms with Gasteiger partial charge in [-0.15, -0.1) is 22.7 Å². The van der Waals surface area contributed by atoms with Crippen LogP contribution < -0.4 is 0 Å². The Kier molecular flexibility index (Phi) is 4.31. The number of rotatable bonds is 5. The summed E-state index contributed by atoms with van der Waals surface area (Å²) in [5.41, 5.74) is 3.51. The fourth-order valence-electron chi connectivity index (χ4n) is 2.60. The summed E-state index contributed by atoms with van der Waals surface area (Å²) in [6.45, 7) is 0.0145. The molecule has 0 aliphatic heterocycles. The van der Waals surface area contributed by atoms with E-state index >= 15 is 0 Å². The molecule has 6 heteroatoms. The molecule has 0 saturated carbocycles. The van der Waals surface area contributed by atoms with Gasteiger partial charge in [-0.2, -0.15) is 0 Å². The summed E-state index contributed by atoms with van der Waals surface area (Å²) in [5.74, 6) is -0.0123. The van der Waals surface area contributed by atoms with Crippen LogP contribution in [0.3, 0.4) is 0 Å². The number of hydrogen-bond donors (Lipinski definition) is 1. The van der Waals surface area contributed by atoms with E-state index in [1.165, 1.54) is 11.3 Å². The third-order valence-corrected chi connectivity index (χ3v) is 5.51. The highest BCUT2D eigenvalue weighted by Gasteiger charge is 2.13. The number of thiophene rings is 1. The molecule has 3 aromatic heterocycles. The van der Waals surface area contributed by atoms with Gasteiger partial charge in [-0.1, -0.05) is 30.3 Å². The lowest BCUT2D eigenvalue weighted by atomic mass is 10.1. The number of aromatic nitrogens is 2. The second-order valence-electron chi connectivity index (χ2n) is 5.43. The van der Waals surface area contributed by atoms with E-state index in [9.17, 15) is 9.90 Å². The van der Waals surface area contributed by atoms with Gasteiger partial charge in [0.2, 0.25) is 0 Å². The van der Waals surface area contributed by atoms with Crippen LogP contribution in [0.5, 0.6) is 0 Å². The van der Waals surface area contributed by atoms with Crippen LogP contribution in [0.2, 0.25) is 0 Å². The molecule has 3 heterocycles. The average Bonchev–Trinajstić information content (AvgIpc) is 3.37. The molecular formula is C19H14N2O2S2. The SMILES string of the molecule is O=C(/C=C/c1c(-c2ccc(CO)cc2)nc2sccn12)c1cccs1. The van der Waals surface area contributed by atoms with Crippen molar-refractivity contribution < 1.29 is 9.90 Å². The smallest absolute Gasteiger partial charge is 0.195 e. The van der Waals surface area contributed by atoms with Gasteiger partial charge in [0.15, 0.2) is 10.7 Å². The number of allylic oxidation sites excluding steroid dienone is 1. The Hall–Kier alpha value is -2.54. The monoisotopic (exact) mass is 366 g/mol. The standard InChI is InChI=1S/C19H14N2O2S2/c22-12-13-3-5-14(6-4-13)18-15(21-9-11-25-19(21)20-18)7-8-16(23)17-2-1-10-24-17/h1-11,22H,12H2/b8-7+. The Morgan fingerprint density at radius 3 is 2.72 bits per heavy atom. The van der Waals surface area contributed by atoms with Gasteiger partial charge in [0.25, 0.3) is 0 Å². The lowest BCUT2D eigenvalue weighted by Crippen LogP contribution is -1.91. The van der Waals surface area contributed by atoms with E-state index in [1.807, 2.05) is 63.8 Å². The molecular weight excluding hydrogens is 352 g/mol. The van der Waals surface area contributed by atoms with Gasteiger partial charge >= 0.3 is 0 Å². The number of aliphatic hydroxyl groups excluding tert-OH is 1. The molecule has 0 unspecified atom stereocenters. The number of carbonyl (C=O) groups is 1. The van der Waals surface area contributed by atoms with Gasteiger partial charge in [-0.3, -0.25) is 9.20 Å². The number of thiazole rings is 1. The Morgan fingerprint density at radius 1 is 1.16 bits per heavy atom. The predicted molar refractivity (Wildman–Crippen MR) is 102 cm³/mol. The molecule has 4 aromatic rings. The maximum atomic E-state index is 12.3. The van der Waals surface area contributed by atoms with Crippen molar-refractivity contribution in [2.75, 3.05) is 0 Å². The molecule has 0 amide bonds. The largest absolute Gasteiger partial charge is 0.392 e. The summed E-state index contributed by atoms with van der Waals surface area (Å²) in [6, 6.07) is 11.3. The van der Waals surface area contributed by atoms with Crippen LogP contribution in [0.1, 0.15) is 20.9 Å².